The van der Waals surface area contributed by atoms with Crippen LogP contribution >= 0.6 is 0 Å². The molecule has 0 saturated carbocycles. The number of para-hydroxylation sites is 1. The molecule has 0 fully saturated rings. The number of nitrogens with zero attached hydrogens (tertiary/aromatic N) is 2. The highest BCUT2D eigenvalue weighted by Crippen LogP contribution is 2.24. The largest absolute Gasteiger partial charge is 0.471 e. The van der Waals surface area contributed by atoms with E-state index in [1.165, 1.54) is 42.5 Å². The minimum absolute atomic E-state index is 0.0540. The molecule has 0 N–H and O–H groups in total. The Morgan fingerprint density at radius 1 is 1.08 bits per heavy atom. The first-order valence-corrected chi connectivity index (χ1v) is 6.96. The summed E-state index contributed by atoms with van der Waals surface area (Å²) in [5.41, 5.74) is 0.436. The molecule has 0 aliphatic heterocycles. The zero-order valence-electron chi connectivity index (χ0n) is 12.4. The monoisotopic (exact) mass is 338 g/mol. The molecule has 1 amide bonds. The summed E-state index contributed by atoms with van der Waals surface area (Å²) < 4.78 is 38.4. The Morgan fingerprint density at radius 2 is 1.75 bits per heavy atom. The SMILES string of the molecule is O=C(N(CCc1cccc([N+](=O)[O-])c1)c1ccccc1)C(F)(F)F. The summed E-state index contributed by atoms with van der Waals surface area (Å²) in [6.45, 7) is -0.247. The molecule has 2 aromatic rings. The second-order valence-corrected chi connectivity index (χ2v) is 4.97. The molecule has 8 heteroatoms. The van der Waals surface area contributed by atoms with Crippen LogP contribution in [0.1, 0.15) is 5.56 Å². The van der Waals surface area contributed by atoms with Crippen LogP contribution in [0.5, 0.6) is 0 Å². The van der Waals surface area contributed by atoms with Crippen LogP contribution < -0.4 is 4.90 Å². The minimum atomic E-state index is -5.00. The Balaban J connectivity index is 2.22. The second kappa shape index (κ2) is 7.12. The number of benzene rings is 2. The van der Waals surface area contributed by atoms with Gasteiger partial charge in [-0.3, -0.25) is 14.9 Å². The lowest BCUT2D eigenvalue weighted by Crippen LogP contribution is -2.42. The molecule has 0 unspecified atom stereocenters. The van der Waals surface area contributed by atoms with Gasteiger partial charge in [-0.2, -0.15) is 13.2 Å². The standard InChI is InChI=1S/C16H13F3N2O3/c17-16(18,19)15(22)20(13-6-2-1-3-7-13)10-9-12-5-4-8-14(11-12)21(23)24/h1-8,11H,9-10H2. The number of halogens is 3. The normalized spacial score (nSPS) is 11.1. The van der Waals surface area contributed by atoms with E-state index in [1.54, 1.807) is 12.1 Å². The first-order valence-electron chi connectivity index (χ1n) is 6.96. The van der Waals surface area contributed by atoms with Gasteiger partial charge >= 0.3 is 12.1 Å². The zero-order valence-corrected chi connectivity index (χ0v) is 12.4. The van der Waals surface area contributed by atoms with E-state index in [-0.39, 0.29) is 24.3 Å². The van der Waals surface area contributed by atoms with Crippen molar-refractivity contribution in [1.29, 1.82) is 0 Å². The van der Waals surface area contributed by atoms with E-state index in [0.717, 1.165) is 0 Å². The lowest BCUT2D eigenvalue weighted by atomic mass is 10.1. The minimum Gasteiger partial charge on any atom is -0.304 e. The smallest absolute Gasteiger partial charge is 0.304 e. The summed E-state index contributed by atoms with van der Waals surface area (Å²) in [4.78, 5) is 22.4. The van der Waals surface area contributed by atoms with Gasteiger partial charge in [-0.15, -0.1) is 0 Å². The van der Waals surface area contributed by atoms with Crippen LogP contribution in [-0.4, -0.2) is 23.6 Å². The van der Waals surface area contributed by atoms with E-state index < -0.39 is 17.0 Å². The van der Waals surface area contributed by atoms with Gasteiger partial charge < -0.3 is 4.90 Å². The van der Waals surface area contributed by atoms with Crippen molar-refractivity contribution in [3.8, 4) is 0 Å². The van der Waals surface area contributed by atoms with Crippen molar-refractivity contribution in [1.82, 2.24) is 0 Å². The van der Waals surface area contributed by atoms with Gasteiger partial charge in [-0.1, -0.05) is 30.3 Å². The van der Waals surface area contributed by atoms with Crippen LogP contribution in [0.3, 0.4) is 0 Å². The fraction of sp³-hybridized carbons (Fsp3) is 0.188. The highest BCUT2D eigenvalue weighted by Gasteiger charge is 2.42. The number of carbonyl (C=O) groups excluding carboxylic acids is 1. The molecule has 0 aromatic heterocycles. The Morgan fingerprint density at radius 3 is 2.33 bits per heavy atom. The first kappa shape index (κ1) is 17.5. The van der Waals surface area contributed by atoms with Crippen molar-refractivity contribution < 1.29 is 22.9 Å². The predicted molar refractivity (Wildman–Crippen MR) is 81.7 cm³/mol. The first-order chi connectivity index (χ1) is 11.3. The van der Waals surface area contributed by atoms with Gasteiger partial charge in [0.15, 0.2) is 0 Å². The summed E-state index contributed by atoms with van der Waals surface area (Å²) in [7, 11) is 0. The fourth-order valence-electron chi connectivity index (χ4n) is 2.18. The molecule has 0 saturated heterocycles. The molecule has 2 aromatic carbocycles. The molecule has 0 heterocycles. The van der Waals surface area contributed by atoms with Crippen molar-refractivity contribution in [2.45, 2.75) is 12.6 Å². The fourth-order valence-corrected chi connectivity index (χ4v) is 2.18. The van der Waals surface area contributed by atoms with Gasteiger partial charge in [0.05, 0.1) is 4.92 Å². The van der Waals surface area contributed by atoms with Crippen LogP contribution in [-0.2, 0) is 11.2 Å². The number of nitro benzene ring substituents is 1. The molecule has 0 aliphatic carbocycles. The molecular formula is C16H13F3N2O3. The number of hydrogen-bond acceptors (Lipinski definition) is 3. The Bertz CT molecular complexity index is 733. The molecule has 0 radical (unpaired) electrons. The summed E-state index contributed by atoms with van der Waals surface area (Å²) in [5.74, 6) is -1.97. The summed E-state index contributed by atoms with van der Waals surface area (Å²) in [6, 6.07) is 13.1. The van der Waals surface area contributed by atoms with Crippen LogP contribution in [0.25, 0.3) is 0 Å². The lowest BCUT2D eigenvalue weighted by molar-refractivity contribution is -0.384. The Labute approximate surface area is 135 Å². The third-order valence-electron chi connectivity index (χ3n) is 3.30. The third kappa shape index (κ3) is 4.31. The maximum Gasteiger partial charge on any atom is 0.471 e. The molecule has 5 nitrogen and oxygen atoms in total. The average Bonchev–Trinajstić information content (AvgIpc) is 2.55. The van der Waals surface area contributed by atoms with Gasteiger partial charge in [-0.25, -0.2) is 0 Å². The molecule has 0 bridgehead atoms. The van der Waals surface area contributed by atoms with Crippen molar-refractivity contribution in [3.63, 3.8) is 0 Å². The van der Waals surface area contributed by atoms with Crippen LogP contribution in [0, 0.1) is 10.1 Å². The van der Waals surface area contributed by atoms with E-state index in [0.29, 0.717) is 10.5 Å². The zero-order chi connectivity index (χ0) is 17.7. The average molecular weight is 338 g/mol. The van der Waals surface area contributed by atoms with Gasteiger partial charge in [0.2, 0.25) is 0 Å². The summed E-state index contributed by atoms with van der Waals surface area (Å²) in [5, 5.41) is 10.7. The number of hydrogen-bond donors (Lipinski definition) is 0. The maximum absolute atomic E-state index is 12.8. The molecular weight excluding hydrogens is 325 g/mol. The highest BCUT2D eigenvalue weighted by atomic mass is 19.4. The van der Waals surface area contributed by atoms with E-state index >= 15 is 0 Å². The van der Waals surface area contributed by atoms with Crippen LogP contribution in [0.2, 0.25) is 0 Å². The molecule has 126 valence electrons. The quantitative estimate of drug-likeness (QED) is 0.616. The van der Waals surface area contributed by atoms with Crippen molar-refractivity contribution >= 4 is 17.3 Å². The number of nitro groups is 1. The van der Waals surface area contributed by atoms with Crippen LogP contribution in [0.15, 0.2) is 54.6 Å². The lowest BCUT2D eigenvalue weighted by Gasteiger charge is -2.23. The van der Waals surface area contributed by atoms with Crippen molar-refractivity contribution in [2.75, 3.05) is 11.4 Å². The molecule has 0 aliphatic rings. The highest BCUT2D eigenvalue weighted by molar-refractivity contribution is 5.97. The van der Waals surface area contributed by atoms with E-state index in [1.807, 2.05) is 0 Å². The number of carbonyl (C=O) groups is 1. The maximum atomic E-state index is 12.8. The van der Waals surface area contributed by atoms with Crippen molar-refractivity contribution in [3.05, 3.63) is 70.3 Å². The van der Waals surface area contributed by atoms with Crippen molar-refractivity contribution in [2.24, 2.45) is 0 Å². The van der Waals surface area contributed by atoms with Gasteiger partial charge in [0.25, 0.3) is 5.69 Å². The Hall–Kier alpha value is -2.90. The predicted octanol–water partition coefficient (Wildman–Crippen LogP) is 3.73. The van der Waals surface area contributed by atoms with Gasteiger partial charge in [0.1, 0.15) is 0 Å². The number of non-ortho nitro benzene ring substituents is 1. The number of rotatable bonds is 5. The van der Waals surface area contributed by atoms with Gasteiger partial charge in [-0.05, 0) is 24.1 Å². The topological polar surface area (TPSA) is 63.5 Å². The molecule has 24 heavy (non-hydrogen) atoms. The van der Waals surface area contributed by atoms with E-state index in [9.17, 15) is 28.1 Å². The van der Waals surface area contributed by atoms with Crippen LogP contribution in [0.4, 0.5) is 24.5 Å². The van der Waals surface area contributed by atoms with E-state index in [2.05, 4.69) is 0 Å². The summed E-state index contributed by atoms with van der Waals surface area (Å²) >= 11 is 0. The van der Waals surface area contributed by atoms with Gasteiger partial charge in [0, 0.05) is 24.4 Å². The second-order valence-electron chi connectivity index (χ2n) is 4.97. The van der Waals surface area contributed by atoms with E-state index in [4.69, 9.17) is 0 Å². The molecule has 0 atom stereocenters. The molecule has 2 rings (SSSR count). The summed E-state index contributed by atoms with van der Waals surface area (Å²) in [6.07, 6.45) is -4.95. The molecule has 0 spiro atoms. The Kier molecular flexibility index (Phi) is 5.18. The number of alkyl halides is 3. The number of anilines is 1. The number of amides is 1. The third-order valence-corrected chi connectivity index (χ3v) is 3.30.